The highest BCUT2D eigenvalue weighted by molar-refractivity contribution is 5.91. The summed E-state index contributed by atoms with van der Waals surface area (Å²) in [6, 6.07) is 0. The van der Waals surface area contributed by atoms with Crippen molar-refractivity contribution in [1.29, 1.82) is 0 Å². The van der Waals surface area contributed by atoms with Gasteiger partial charge in [-0.3, -0.25) is 0 Å². The van der Waals surface area contributed by atoms with Gasteiger partial charge in [0.25, 0.3) is 0 Å². The zero-order valence-corrected chi connectivity index (χ0v) is 12.4. The Bertz CT molecular complexity index is 528. The third-order valence-corrected chi connectivity index (χ3v) is 3.13. The molecule has 122 valence electrons. The number of aliphatic hydroxyl groups is 1. The molecule has 0 amide bonds. The molecular formula is C15H20O7. The van der Waals surface area contributed by atoms with Gasteiger partial charge < -0.3 is 20.4 Å². The van der Waals surface area contributed by atoms with Crippen molar-refractivity contribution in [2.24, 2.45) is 11.8 Å². The fourth-order valence-electron chi connectivity index (χ4n) is 1.76. The van der Waals surface area contributed by atoms with Crippen molar-refractivity contribution < 1.29 is 34.8 Å². The minimum Gasteiger partial charge on any atom is -0.478 e. The second-order valence-corrected chi connectivity index (χ2v) is 4.82. The van der Waals surface area contributed by atoms with Crippen LogP contribution >= 0.6 is 0 Å². The van der Waals surface area contributed by atoms with E-state index >= 15 is 0 Å². The average molecular weight is 312 g/mol. The molecule has 7 nitrogen and oxygen atoms in total. The summed E-state index contributed by atoms with van der Waals surface area (Å²) in [4.78, 5) is 33.1. The van der Waals surface area contributed by atoms with Crippen molar-refractivity contribution in [2.45, 2.75) is 20.3 Å². The van der Waals surface area contributed by atoms with Gasteiger partial charge in [-0.1, -0.05) is 25.7 Å². The highest BCUT2D eigenvalue weighted by atomic mass is 16.4. The molecule has 7 heteroatoms. The minimum absolute atomic E-state index is 0.00895. The molecule has 0 radical (unpaired) electrons. The lowest BCUT2D eigenvalue weighted by Gasteiger charge is -2.16. The fraction of sp³-hybridized carbons (Fsp3) is 0.400. The van der Waals surface area contributed by atoms with Crippen LogP contribution in [0.25, 0.3) is 0 Å². The summed E-state index contributed by atoms with van der Waals surface area (Å²) < 4.78 is 0. The van der Waals surface area contributed by atoms with Gasteiger partial charge >= 0.3 is 17.9 Å². The summed E-state index contributed by atoms with van der Waals surface area (Å²) >= 11 is 0. The van der Waals surface area contributed by atoms with Crippen molar-refractivity contribution in [1.82, 2.24) is 0 Å². The smallest absolute Gasteiger partial charge is 0.331 e. The predicted octanol–water partition coefficient (Wildman–Crippen LogP) is 1.30. The Balaban J connectivity index is 5.71. The molecule has 0 heterocycles. The van der Waals surface area contributed by atoms with E-state index in [1.54, 1.807) is 0 Å². The van der Waals surface area contributed by atoms with Gasteiger partial charge in [-0.25, -0.2) is 14.4 Å². The minimum atomic E-state index is -1.31. The van der Waals surface area contributed by atoms with E-state index in [2.05, 4.69) is 6.58 Å². The molecule has 2 unspecified atom stereocenters. The zero-order valence-electron chi connectivity index (χ0n) is 12.4. The van der Waals surface area contributed by atoms with Crippen LogP contribution in [0.15, 0.2) is 35.5 Å². The fourth-order valence-corrected chi connectivity index (χ4v) is 1.76. The highest BCUT2D eigenvalue weighted by Crippen LogP contribution is 2.23. The van der Waals surface area contributed by atoms with Crippen molar-refractivity contribution in [3.8, 4) is 0 Å². The molecule has 4 N–H and O–H groups in total. The predicted molar refractivity (Wildman–Crippen MR) is 78.2 cm³/mol. The van der Waals surface area contributed by atoms with Crippen molar-refractivity contribution in [3.05, 3.63) is 35.5 Å². The Hall–Kier alpha value is -2.41. The molecule has 0 aromatic heterocycles. The number of aliphatic hydroxyl groups excluding tert-OH is 1. The molecule has 2 atom stereocenters. The van der Waals surface area contributed by atoms with Crippen LogP contribution in [-0.4, -0.2) is 44.9 Å². The van der Waals surface area contributed by atoms with Gasteiger partial charge in [-0.2, -0.15) is 0 Å². The Morgan fingerprint density at radius 2 is 1.59 bits per heavy atom. The van der Waals surface area contributed by atoms with E-state index in [0.29, 0.717) is 0 Å². The van der Waals surface area contributed by atoms with E-state index in [-0.39, 0.29) is 29.7 Å². The summed E-state index contributed by atoms with van der Waals surface area (Å²) in [6.07, 6.45) is 2.45. The third kappa shape index (κ3) is 5.92. The van der Waals surface area contributed by atoms with E-state index in [9.17, 15) is 19.5 Å². The van der Waals surface area contributed by atoms with Crippen LogP contribution in [0.3, 0.4) is 0 Å². The number of hydrogen-bond donors (Lipinski definition) is 4. The lowest BCUT2D eigenvalue weighted by Crippen LogP contribution is -2.17. The molecule has 0 saturated heterocycles. The standard InChI is InChI=1S/C15H20O7/c1-8(10(3)14(19)20)7-12(15(21)22)11(4-5-16)6-9(2)13(17)18/h6-8,11,16H,3-5H2,1-2H3,(H,17,18)(H,19,20)(H,21,22). The first-order chi connectivity index (χ1) is 10.1. The average Bonchev–Trinajstić information content (AvgIpc) is 2.42. The summed E-state index contributed by atoms with van der Waals surface area (Å²) in [5.41, 5.74) is -0.416. The third-order valence-electron chi connectivity index (χ3n) is 3.13. The van der Waals surface area contributed by atoms with Crippen LogP contribution in [0.4, 0.5) is 0 Å². The molecule has 0 rings (SSSR count). The molecular weight excluding hydrogens is 292 g/mol. The van der Waals surface area contributed by atoms with E-state index in [4.69, 9.17) is 15.3 Å². The van der Waals surface area contributed by atoms with Crippen molar-refractivity contribution in [2.75, 3.05) is 6.61 Å². The lowest BCUT2D eigenvalue weighted by atomic mass is 9.89. The van der Waals surface area contributed by atoms with E-state index in [1.165, 1.54) is 26.0 Å². The van der Waals surface area contributed by atoms with Crippen LogP contribution in [-0.2, 0) is 14.4 Å². The number of carboxylic acid groups (broad SMARTS) is 3. The Morgan fingerprint density at radius 1 is 1.05 bits per heavy atom. The summed E-state index contributed by atoms with van der Waals surface area (Å²) in [5, 5.41) is 36.1. The van der Waals surface area contributed by atoms with Crippen LogP contribution < -0.4 is 0 Å². The Morgan fingerprint density at radius 3 is 1.95 bits per heavy atom. The molecule has 0 fully saturated rings. The summed E-state index contributed by atoms with van der Waals surface area (Å²) in [5.74, 6) is -5.34. The molecule has 0 aliphatic heterocycles. The summed E-state index contributed by atoms with van der Waals surface area (Å²) in [7, 11) is 0. The van der Waals surface area contributed by atoms with Gasteiger partial charge in [0.2, 0.25) is 0 Å². The first-order valence-electron chi connectivity index (χ1n) is 6.51. The van der Waals surface area contributed by atoms with Crippen LogP contribution in [0.5, 0.6) is 0 Å². The van der Waals surface area contributed by atoms with Gasteiger partial charge in [-0.05, 0) is 13.3 Å². The van der Waals surface area contributed by atoms with Crippen LogP contribution in [0, 0.1) is 11.8 Å². The first-order valence-corrected chi connectivity index (χ1v) is 6.51. The van der Waals surface area contributed by atoms with Crippen LogP contribution in [0.2, 0.25) is 0 Å². The van der Waals surface area contributed by atoms with Crippen LogP contribution in [0.1, 0.15) is 20.3 Å². The molecule has 22 heavy (non-hydrogen) atoms. The van der Waals surface area contributed by atoms with Gasteiger partial charge in [0, 0.05) is 35.2 Å². The number of rotatable bonds is 9. The molecule has 0 aliphatic carbocycles. The monoisotopic (exact) mass is 312 g/mol. The second-order valence-electron chi connectivity index (χ2n) is 4.82. The van der Waals surface area contributed by atoms with E-state index < -0.39 is 29.7 Å². The highest BCUT2D eigenvalue weighted by Gasteiger charge is 2.22. The Labute approximate surface area is 127 Å². The zero-order chi connectivity index (χ0) is 17.4. The molecule has 0 aliphatic rings. The van der Waals surface area contributed by atoms with Gasteiger partial charge in [0.15, 0.2) is 0 Å². The van der Waals surface area contributed by atoms with E-state index in [0.717, 1.165) is 0 Å². The summed E-state index contributed by atoms with van der Waals surface area (Å²) in [6.45, 7) is 5.81. The normalized spacial score (nSPS) is 15.0. The van der Waals surface area contributed by atoms with Gasteiger partial charge in [0.1, 0.15) is 0 Å². The topological polar surface area (TPSA) is 132 Å². The maximum Gasteiger partial charge on any atom is 0.331 e. The maximum absolute atomic E-state index is 11.4. The Kier molecular flexibility index (Phi) is 7.82. The van der Waals surface area contributed by atoms with Gasteiger partial charge in [-0.15, -0.1) is 0 Å². The van der Waals surface area contributed by atoms with Gasteiger partial charge in [0.05, 0.1) is 0 Å². The molecule has 0 saturated carbocycles. The number of allylic oxidation sites excluding steroid dienone is 2. The van der Waals surface area contributed by atoms with Crippen molar-refractivity contribution >= 4 is 17.9 Å². The number of carboxylic acids is 3. The molecule has 0 aromatic rings. The number of hydrogen-bond acceptors (Lipinski definition) is 4. The molecule has 0 bridgehead atoms. The second kappa shape index (κ2) is 8.78. The quantitative estimate of drug-likeness (QED) is 0.472. The first kappa shape index (κ1) is 19.6. The molecule has 0 aromatic carbocycles. The van der Waals surface area contributed by atoms with E-state index in [1.807, 2.05) is 0 Å². The maximum atomic E-state index is 11.4. The van der Waals surface area contributed by atoms with Crippen molar-refractivity contribution in [3.63, 3.8) is 0 Å². The lowest BCUT2D eigenvalue weighted by molar-refractivity contribution is -0.134. The SMILES string of the molecule is C=C(C(=O)O)C(C)C=C(C(=O)O)C(C=C(C)C(=O)O)CCO. The molecule has 0 spiro atoms. The largest absolute Gasteiger partial charge is 0.478 e. The number of carbonyl (C=O) groups is 3. The number of aliphatic carboxylic acids is 3.